The lowest BCUT2D eigenvalue weighted by atomic mass is 9.99. The lowest BCUT2D eigenvalue weighted by molar-refractivity contribution is 0.210. The summed E-state index contributed by atoms with van der Waals surface area (Å²) in [6, 6.07) is 11.4. The number of benzene rings is 1. The molecule has 0 aliphatic heterocycles. The smallest absolute Gasteiger partial charge is 0.125 e. The first-order valence-electron chi connectivity index (χ1n) is 6.47. The first-order valence-corrected chi connectivity index (χ1v) is 6.47. The molecule has 1 heterocycles. The lowest BCUT2D eigenvalue weighted by Gasteiger charge is -2.17. The number of pyridine rings is 1. The Bertz CT molecular complexity index is 566. The van der Waals surface area contributed by atoms with Gasteiger partial charge < -0.3 is 9.84 Å². The molecular formula is C16H19NO2. The number of aromatic nitrogens is 1. The van der Waals surface area contributed by atoms with Crippen LogP contribution in [-0.2, 0) is 0 Å². The molecule has 1 aromatic carbocycles. The Morgan fingerprint density at radius 2 is 1.84 bits per heavy atom. The zero-order valence-corrected chi connectivity index (χ0v) is 11.6. The van der Waals surface area contributed by atoms with Crippen molar-refractivity contribution < 1.29 is 9.84 Å². The monoisotopic (exact) mass is 257 g/mol. The second-order valence-electron chi connectivity index (χ2n) is 4.50. The van der Waals surface area contributed by atoms with Gasteiger partial charge in [-0.25, -0.2) is 0 Å². The van der Waals surface area contributed by atoms with E-state index in [1.165, 1.54) is 0 Å². The van der Waals surface area contributed by atoms with Crippen LogP contribution in [0.2, 0.25) is 0 Å². The third-order valence-corrected chi connectivity index (χ3v) is 3.07. The van der Waals surface area contributed by atoms with Gasteiger partial charge in [0.15, 0.2) is 0 Å². The highest BCUT2D eigenvalue weighted by atomic mass is 16.5. The standard InChI is InChI=1S/C16H19NO2/c1-4-19-15-8-6-5-7-14(15)16(18)13-10-9-11(2)17-12(13)3/h5-10,16,18H,4H2,1-3H3. The van der Waals surface area contributed by atoms with Crippen LogP contribution in [0.5, 0.6) is 5.75 Å². The predicted molar refractivity (Wildman–Crippen MR) is 75.4 cm³/mol. The van der Waals surface area contributed by atoms with Crippen molar-refractivity contribution in [3.63, 3.8) is 0 Å². The molecule has 3 heteroatoms. The molecule has 1 atom stereocenters. The molecule has 0 saturated carbocycles. The van der Waals surface area contributed by atoms with Crippen LogP contribution in [0.25, 0.3) is 0 Å². The number of ether oxygens (including phenoxy) is 1. The lowest BCUT2D eigenvalue weighted by Crippen LogP contribution is -2.06. The van der Waals surface area contributed by atoms with Crippen molar-refractivity contribution in [2.45, 2.75) is 26.9 Å². The Hall–Kier alpha value is -1.87. The van der Waals surface area contributed by atoms with E-state index in [0.717, 1.165) is 28.3 Å². The SMILES string of the molecule is CCOc1ccccc1C(O)c1ccc(C)nc1C. The molecule has 1 unspecified atom stereocenters. The summed E-state index contributed by atoms with van der Waals surface area (Å²) in [7, 11) is 0. The molecule has 0 saturated heterocycles. The summed E-state index contributed by atoms with van der Waals surface area (Å²) in [6.07, 6.45) is -0.712. The van der Waals surface area contributed by atoms with E-state index in [9.17, 15) is 5.11 Å². The van der Waals surface area contributed by atoms with Crippen LogP contribution >= 0.6 is 0 Å². The molecule has 0 spiro atoms. The molecule has 0 radical (unpaired) electrons. The summed E-state index contributed by atoms with van der Waals surface area (Å²) in [6.45, 7) is 6.36. The van der Waals surface area contributed by atoms with E-state index in [0.29, 0.717) is 6.61 Å². The van der Waals surface area contributed by atoms with Crippen LogP contribution in [0.4, 0.5) is 0 Å². The van der Waals surface area contributed by atoms with Crippen molar-refractivity contribution >= 4 is 0 Å². The summed E-state index contributed by atoms with van der Waals surface area (Å²) >= 11 is 0. The molecule has 0 fully saturated rings. The molecule has 100 valence electrons. The molecule has 0 bridgehead atoms. The summed E-state index contributed by atoms with van der Waals surface area (Å²) in [5.74, 6) is 0.720. The Morgan fingerprint density at radius 1 is 1.11 bits per heavy atom. The maximum atomic E-state index is 10.6. The van der Waals surface area contributed by atoms with Crippen LogP contribution < -0.4 is 4.74 Å². The third kappa shape index (κ3) is 2.93. The molecule has 3 nitrogen and oxygen atoms in total. The van der Waals surface area contributed by atoms with Gasteiger partial charge in [0.2, 0.25) is 0 Å². The van der Waals surface area contributed by atoms with E-state index >= 15 is 0 Å². The molecule has 19 heavy (non-hydrogen) atoms. The summed E-state index contributed by atoms with van der Waals surface area (Å²) < 4.78 is 5.56. The first kappa shape index (κ1) is 13.6. The number of hydrogen-bond donors (Lipinski definition) is 1. The van der Waals surface area contributed by atoms with E-state index < -0.39 is 6.10 Å². The number of hydrogen-bond acceptors (Lipinski definition) is 3. The van der Waals surface area contributed by atoms with E-state index in [-0.39, 0.29) is 0 Å². The Kier molecular flexibility index (Phi) is 4.17. The van der Waals surface area contributed by atoms with E-state index in [1.807, 2.05) is 57.2 Å². The molecule has 0 aliphatic rings. The molecular weight excluding hydrogens is 238 g/mol. The highest BCUT2D eigenvalue weighted by Crippen LogP contribution is 2.31. The average molecular weight is 257 g/mol. The van der Waals surface area contributed by atoms with Crippen molar-refractivity contribution in [3.8, 4) is 5.75 Å². The van der Waals surface area contributed by atoms with E-state index in [1.54, 1.807) is 0 Å². The molecule has 0 amide bonds. The summed E-state index contributed by atoms with van der Waals surface area (Å²) in [4.78, 5) is 4.39. The van der Waals surface area contributed by atoms with Crippen molar-refractivity contribution in [1.82, 2.24) is 4.98 Å². The van der Waals surface area contributed by atoms with E-state index in [4.69, 9.17) is 4.74 Å². The van der Waals surface area contributed by atoms with Crippen molar-refractivity contribution in [3.05, 3.63) is 58.9 Å². The first-order chi connectivity index (χ1) is 9.13. The van der Waals surface area contributed by atoms with Gasteiger partial charge in [0, 0.05) is 22.5 Å². The minimum absolute atomic E-state index is 0.578. The van der Waals surface area contributed by atoms with Gasteiger partial charge in [0.05, 0.1) is 6.61 Å². The fraction of sp³-hybridized carbons (Fsp3) is 0.312. The second kappa shape index (κ2) is 5.85. The zero-order valence-electron chi connectivity index (χ0n) is 11.6. The Morgan fingerprint density at radius 3 is 2.53 bits per heavy atom. The number of aliphatic hydroxyl groups excluding tert-OH is 1. The van der Waals surface area contributed by atoms with Crippen LogP contribution in [0.3, 0.4) is 0 Å². The molecule has 1 N–H and O–H groups in total. The van der Waals surface area contributed by atoms with Gasteiger partial charge in [-0.15, -0.1) is 0 Å². The maximum Gasteiger partial charge on any atom is 0.125 e. The Balaban J connectivity index is 2.41. The van der Waals surface area contributed by atoms with E-state index in [2.05, 4.69) is 4.98 Å². The predicted octanol–water partition coefficient (Wildman–Crippen LogP) is 3.18. The minimum atomic E-state index is -0.712. The fourth-order valence-electron chi connectivity index (χ4n) is 2.15. The van der Waals surface area contributed by atoms with Gasteiger partial charge in [-0.1, -0.05) is 24.3 Å². The number of para-hydroxylation sites is 1. The largest absolute Gasteiger partial charge is 0.493 e. The number of aryl methyl sites for hydroxylation is 2. The average Bonchev–Trinajstić information content (AvgIpc) is 2.39. The number of rotatable bonds is 4. The van der Waals surface area contributed by atoms with Crippen LogP contribution in [0, 0.1) is 13.8 Å². The maximum absolute atomic E-state index is 10.6. The van der Waals surface area contributed by atoms with Gasteiger partial charge in [-0.2, -0.15) is 0 Å². The third-order valence-electron chi connectivity index (χ3n) is 3.07. The summed E-state index contributed by atoms with van der Waals surface area (Å²) in [5, 5.41) is 10.6. The van der Waals surface area contributed by atoms with Crippen LogP contribution in [0.1, 0.15) is 35.5 Å². The van der Waals surface area contributed by atoms with Crippen molar-refractivity contribution in [2.75, 3.05) is 6.61 Å². The van der Waals surface area contributed by atoms with Crippen LogP contribution in [-0.4, -0.2) is 16.7 Å². The fourth-order valence-corrected chi connectivity index (χ4v) is 2.15. The quantitative estimate of drug-likeness (QED) is 0.914. The van der Waals surface area contributed by atoms with Gasteiger partial charge in [-0.3, -0.25) is 4.98 Å². The zero-order chi connectivity index (χ0) is 13.8. The normalized spacial score (nSPS) is 12.2. The van der Waals surface area contributed by atoms with Gasteiger partial charge in [-0.05, 0) is 32.9 Å². The minimum Gasteiger partial charge on any atom is -0.493 e. The molecule has 2 rings (SSSR count). The number of aliphatic hydroxyl groups is 1. The highest BCUT2D eigenvalue weighted by Gasteiger charge is 2.17. The number of nitrogens with zero attached hydrogens (tertiary/aromatic N) is 1. The van der Waals surface area contributed by atoms with Gasteiger partial charge >= 0.3 is 0 Å². The molecule has 0 aliphatic carbocycles. The topological polar surface area (TPSA) is 42.4 Å². The van der Waals surface area contributed by atoms with Gasteiger partial charge in [0.25, 0.3) is 0 Å². The summed E-state index contributed by atoms with van der Waals surface area (Å²) in [5.41, 5.74) is 3.39. The highest BCUT2D eigenvalue weighted by molar-refractivity contribution is 5.41. The second-order valence-corrected chi connectivity index (χ2v) is 4.50. The molecule has 2 aromatic rings. The van der Waals surface area contributed by atoms with Crippen LogP contribution in [0.15, 0.2) is 36.4 Å². The van der Waals surface area contributed by atoms with Gasteiger partial charge in [0.1, 0.15) is 11.9 Å². The van der Waals surface area contributed by atoms with Crippen molar-refractivity contribution in [2.24, 2.45) is 0 Å². The molecule has 1 aromatic heterocycles. The Labute approximate surface area is 113 Å². The van der Waals surface area contributed by atoms with Crippen molar-refractivity contribution in [1.29, 1.82) is 0 Å².